The van der Waals surface area contributed by atoms with E-state index in [4.69, 9.17) is 4.74 Å². The topological polar surface area (TPSA) is 49.9 Å². The fraction of sp³-hybridized carbons (Fsp3) is 0.481. The van der Waals surface area contributed by atoms with Crippen LogP contribution in [0.5, 0.6) is 0 Å². The number of hydrogen-bond donors (Lipinski definition) is 0. The zero-order valence-electron chi connectivity index (χ0n) is 22.3. The molecule has 0 unspecified atom stereocenters. The molecule has 0 spiro atoms. The van der Waals surface area contributed by atoms with Crippen LogP contribution in [0.15, 0.2) is 42.5 Å². The van der Waals surface area contributed by atoms with Gasteiger partial charge in [0, 0.05) is 19.9 Å². The van der Waals surface area contributed by atoms with Gasteiger partial charge >= 0.3 is 24.6 Å². The van der Waals surface area contributed by atoms with Crippen molar-refractivity contribution in [2.75, 3.05) is 4.90 Å². The summed E-state index contributed by atoms with van der Waals surface area (Å²) in [5, 5.41) is 0. The molecule has 3 rings (SSSR count). The lowest BCUT2D eigenvalue weighted by atomic mass is 9.77. The summed E-state index contributed by atoms with van der Waals surface area (Å²) in [6, 6.07) is 4.62. The van der Waals surface area contributed by atoms with Gasteiger partial charge in [0.05, 0.1) is 29.0 Å². The van der Waals surface area contributed by atoms with Crippen LogP contribution >= 0.6 is 0 Å². The van der Waals surface area contributed by atoms with Gasteiger partial charge in [-0.25, -0.2) is 4.79 Å². The summed E-state index contributed by atoms with van der Waals surface area (Å²) < 4.78 is 130. The SMILES string of the molecule is CC[C@]1(C(F)(F)F)C[C@H](N(Cc2cc(C(F)(F)F)cc(C(F)(F)F)c2)C(C)=O)c2ccccc2N1C(=O)OC(C)C. The number of carbonyl (C=O) groups excluding carboxylic acids is 2. The second kappa shape index (κ2) is 11.1. The third-order valence-electron chi connectivity index (χ3n) is 6.91. The van der Waals surface area contributed by atoms with Gasteiger partial charge in [0.15, 0.2) is 0 Å². The Morgan fingerprint density at radius 2 is 1.51 bits per heavy atom. The monoisotopic (exact) mass is 598 g/mol. The quantitative estimate of drug-likeness (QED) is 0.326. The lowest BCUT2D eigenvalue weighted by Crippen LogP contribution is -2.65. The van der Waals surface area contributed by atoms with E-state index in [1.54, 1.807) is 0 Å². The smallest absolute Gasteiger partial charge is 0.416 e. The average Bonchev–Trinajstić information content (AvgIpc) is 2.83. The predicted molar refractivity (Wildman–Crippen MR) is 130 cm³/mol. The fourth-order valence-electron chi connectivity index (χ4n) is 5.02. The molecule has 226 valence electrons. The normalized spacial score (nSPS) is 19.7. The van der Waals surface area contributed by atoms with Crippen molar-refractivity contribution >= 4 is 17.7 Å². The number of amides is 2. The summed E-state index contributed by atoms with van der Waals surface area (Å²) in [7, 11) is 0. The average molecular weight is 599 g/mol. The highest BCUT2D eigenvalue weighted by atomic mass is 19.4. The van der Waals surface area contributed by atoms with Crippen molar-refractivity contribution < 1.29 is 53.8 Å². The number of benzene rings is 2. The summed E-state index contributed by atoms with van der Waals surface area (Å²) in [4.78, 5) is 27.2. The van der Waals surface area contributed by atoms with E-state index in [2.05, 4.69) is 0 Å². The first-order chi connectivity index (χ1) is 18.7. The Balaban J connectivity index is 2.24. The van der Waals surface area contributed by atoms with Gasteiger partial charge in [-0.3, -0.25) is 9.69 Å². The van der Waals surface area contributed by atoms with E-state index in [-0.39, 0.29) is 17.3 Å². The number of para-hydroxylation sites is 1. The van der Waals surface area contributed by atoms with Crippen LogP contribution in [0.25, 0.3) is 0 Å². The van der Waals surface area contributed by atoms with Gasteiger partial charge in [-0.1, -0.05) is 25.1 Å². The molecule has 14 heteroatoms. The number of hydrogen-bond acceptors (Lipinski definition) is 3. The van der Waals surface area contributed by atoms with Crippen molar-refractivity contribution in [3.05, 3.63) is 64.7 Å². The van der Waals surface area contributed by atoms with Crippen LogP contribution in [0.1, 0.15) is 68.8 Å². The van der Waals surface area contributed by atoms with Crippen molar-refractivity contribution in [2.24, 2.45) is 0 Å². The molecule has 0 bridgehead atoms. The number of carbonyl (C=O) groups is 2. The van der Waals surface area contributed by atoms with Crippen LogP contribution in [-0.4, -0.2) is 34.7 Å². The van der Waals surface area contributed by atoms with E-state index >= 15 is 0 Å². The Hall–Kier alpha value is -3.45. The zero-order chi connectivity index (χ0) is 31.1. The van der Waals surface area contributed by atoms with Crippen LogP contribution in [-0.2, 0) is 28.4 Å². The van der Waals surface area contributed by atoms with Gasteiger partial charge in [-0.05, 0) is 55.7 Å². The third kappa shape index (κ3) is 6.40. The molecular weight excluding hydrogens is 571 g/mol. The molecule has 1 aliphatic heterocycles. The maximum absolute atomic E-state index is 14.9. The molecule has 0 saturated heterocycles. The number of ether oxygens (including phenoxy) is 1. The number of anilines is 1. The number of rotatable bonds is 5. The predicted octanol–water partition coefficient (Wildman–Crippen LogP) is 8.28. The minimum absolute atomic E-state index is 0.0414. The van der Waals surface area contributed by atoms with E-state index in [0.717, 1.165) is 11.8 Å². The molecule has 5 nitrogen and oxygen atoms in total. The fourth-order valence-corrected chi connectivity index (χ4v) is 5.02. The van der Waals surface area contributed by atoms with Crippen molar-refractivity contribution in [3.63, 3.8) is 0 Å². The van der Waals surface area contributed by atoms with Crippen LogP contribution in [0, 0.1) is 0 Å². The van der Waals surface area contributed by atoms with Crippen molar-refractivity contribution in [1.82, 2.24) is 4.90 Å². The Morgan fingerprint density at radius 1 is 0.976 bits per heavy atom. The van der Waals surface area contributed by atoms with Gasteiger partial charge in [0.1, 0.15) is 5.54 Å². The highest BCUT2D eigenvalue weighted by Gasteiger charge is 2.63. The Morgan fingerprint density at radius 3 is 1.95 bits per heavy atom. The molecular formula is C27H27F9N2O3. The van der Waals surface area contributed by atoms with Crippen LogP contribution in [0.2, 0.25) is 0 Å². The van der Waals surface area contributed by atoms with E-state index < -0.39 is 84.3 Å². The molecule has 1 aliphatic rings. The lowest BCUT2D eigenvalue weighted by molar-refractivity contribution is -0.195. The third-order valence-corrected chi connectivity index (χ3v) is 6.91. The second-order valence-corrected chi connectivity index (χ2v) is 9.99. The van der Waals surface area contributed by atoms with Crippen molar-refractivity contribution in [2.45, 2.75) is 83.3 Å². The van der Waals surface area contributed by atoms with E-state index in [9.17, 15) is 49.1 Å². The molecule has 0 radical (unpaired) electrons. The molecule has 0 aromatic heterocycles. The zero-order valence-corrected chi connectivity index (χ0v) is 22.3. The summed E-state index contributed by atoms with van der Waals surface area (Å²) in [6.07, 6.45) is -19.1. The molecule has 2 atom stereocenters. The van der Waals surface area contributed by atoms with Gasteiger partial charge < -0.3 is 9.64 Å². The Kier molecular flexibility index (Phi) is 8.67. The first-order valence-electron chi connectivity index (χ1n) is 12.4. The molecule has 0 saturated carbocycles. The second-order valence-electron chi connectivity index (χ2n) is 9.99. The minimum Gasteiger partial charge on any atom is -0.446 e. The molecule has 0 fully saturated rings. The molecule has 2 aromatic rings. The summed E-state index contributed by atoms with van der Waals surface area (Å²) in [5.41, 5.74) is -6.97. The minimum atomic E-state index is -5.17. The molecule has 0 N–H and O–H groups in total. The first kappa shape index (κ1) is 32.1. The maximum atomic E-state index is 14.9. The maximum Gasteiger partial charge on any atom is 0.416 e. The summed E-state index contributed by atoms with van der Waals surface area (Å²) in [6.45, 7) is 4.14. The van der Waals surface area contributed by atoms with E-state index in [1.165, 1.54) is 45.0 Å². The Labute approximate surface area is 229 Å². The number of nitrogens with zero attached hydrogens (tertiary/aromatic N) is 2. The summed E-state index contributed by atoms with van der Waals surface area (Å²) >= 11 is 0. The van der Waals surface area contributed by atoms with Crippen LogP contribution in [0.4, 0.5) is 50.0 Å². The van der Waals surface area contributed by atoms with E-state index in [0.29, 0.717) is 17.0 Å². The highest BCUT2D eigenvalue weighted by Crippen LogP contribution is 2.53. The van der Waals surface area contributed by atoms with Crippen molar-refractivity contribution in [1.29, 1.82) is 0 Å². The van der Waals surface area contributed by atoms with Crippen molar-refractivity contribution in [3.8, 4) is 0 Å². The number of fused-ring (bicyclic) bond motifs is 1. The molecule has 41 heavy (non-hydrogen) atoms. The van der Waals surface area contributed by atoms with Gasteiger partial charge in [-0.15, -0.1) is 0 Å². The van der Waals surface area contributed by atoms with E-state index in [1.807, 2.05) is 0 Å². The first-order valence-corrected chi connectivity index (χ1v) is 12.4. The highest BCUT2D eigenvalue weighted by molar-refractivity contribution is 5.92. The summed E-state index contributed by atoms with van der Waals surface area (Å²) in [5.74, 6) is -0.902. The number of halogens is 9. The van der Waals surface area contributed by atoms with Crippen LogP contribution in [0.3, 0.4) is 0 Å². The Bertz CT molecular complexity index is 1260. The van der Waals surface area contributed by atoms with Crippen LogP contribution < -0.4 is 4.90 Å². The molecule has 2 aromatic carbocycles. The van der Waals surface area contributed by atoms with Gasteiger partial charge in [-0.2, -0.15) is 39.5 Å². The van der Waals surface area contributed by atoms with Gasteiger partial charge in [0.2, 0.25) is 5.91 Å². The molecule has 0 aliphatic carbocycles. The largest absolute Gasteiger partial charge is 0.446 e. The molecule has 2 amide bonds. The standard InChI is InChI=1S/C27H27F9N2O3/c1-5-24(27(34,35)36)13-22(20-8-6-7-9-21(20)38(24)23(40)41-15(2)3)37(16(4)39)14-17-10-18(25(28,29)30)12-19(11-17)26(31,32)33/h6-12,15,22H,5,13-14H2,1-4H3/t22-,24+/m0/s1. The lowest BCUT2D eigenvalue weighted by Gasteiger charge is -2.51. The molecule has 1 heterocycles. The van der Waals surface area contributed by atoms with Gasteiger partial charge in [0.25, 0.3) is 0 Å². The number of alkyl halides is 9.